The molecular weight excluding hydrogens is 614 g/mol. The molecule has 6 heterocycles. The average Bonchev–Trinajstić information content (AvgIpc) is 3.89. The number of ether oxygens (including phenoxy) is 1. The second-order valence-corrected chi connectivity index (χ2v) is 12.8. The van der Waals surface area contributed by atoms with Crippen molar-refractivity contribution >= 4 is 52.6 Å². The number of methoxy groups -OCH3 is 1. The van der Waals surface area contributed by atoms with E-state index in [4.69, 9.17) is 14.7 Å². The minimum absolute atomic E-state index is 0.144. The summed E-state index contributed by atoms with van der Waals surface area (Å²) in [4.78, 5) is 59.6. The van der Waals surface area contributed by atoms with Gasteiger partial charge in [-0.1, -0.05) is 48.0 Å². The zero-order chi connectivity index (χ0) is 34.0. The minimum atomic E-state index is -0.490. The molecule has 4 aliphatic rings. The van der Waals surface area contributed by atoms with E-state index in [1.807, 2.05) is 54.6 Å². The first kappa shape index (κ1) is 30.3. The molecule has 4 aliphatic heterocycles. The van der Waals surface area contributed by atoms with Crippen LogP contribution >= 0.6 is 0 Å². The molecule has 4 aromatic rings. The van der Waals surface area contributed by atoms with E-state index in [2.05, 4.69) is 42.9 Å². The van der Waals surface area contributed by atoms with Crippen molar-refractivity contribution in [2.45, 2.75) is 40.2 Å². The third-order valence-corrected chi connectivity index (χ3v) is 9.39. The summed E-state index contributed by atoms with van der Waals surface area (Å²) in [6, 6.07) is 19.3. The molecule has 0 saturated heterocycles. The highest BCUT2D eigenvalue weighted by Gasteiger charge is 2.36. The lowest BCUT2D eigenvalue weighted by molar-refractivity contribution is -0.133. The minimum Gasteiger partial charge on any atom is -0.465 e. The standard InChI is InChI=1S/C40H33N5O4/c1-21-14-22(2)34(23(3)15-21)35-30-12-11-26(42-30)18-32-28(40(48)49-4)17-27(43-32)16-25-10-13-31(41-25)36-37-29(19-33(35)44-37)38(46)45(39(36)47)20-24-8-6-5-7-9-24/h5-9,11-12,14-19,41,44H,10,13,20H2,1-4H3. The number of esters is 1. The number of aryl methyl sites for hydroxylation is 5. The van der Waals surface area contributed by atoms with E-state index in [9.17, 15) is 14.4 Å². The number of amides is 2. The second-order valence-electron chi connectivity index (χ2n) is 12.8. The first-order valence-electron chi connectivity index (χ1n) is 16.2. The van der Waals surface area contributed by atoms with Gasteiger partial charge in [0.25, 0.3) is 11.8 Å². The van der Waals surface area contributed by atoms with Crippen LogP contribution in [-0.4, -0.2) is 49.7 Å². The van der Waals surface area contributed by atoms with Crippen molar-refractivity contribution in [2.75, 3.05) is 7.11 Å². The van der Waals surface area contributed by atoms with Gasteiger partial charge in [-0.25, -0.2) is 14.8 Å². The molecule has 9 nitrogen and oxygen atoms in total. The number of hydrogen-bond acceptors (Lipinski definition) is 6. The van der Waals surface area contributed by atoms with Crippen LogP contribution in [0.5, 0.6) is 0 Å². The molecule has 2 amide bonds. The molecular formula is C40H33N5O4. The van der Waals surface area contributed by atoms with Gasteiger partial charge in [-0.3, -0.25) is 14.5 Å². The number of carbonyl (C=O) groups excluding carboxylic acids is 3. The van der Waals surface area contributed by atoms with Gasteiger partial charge in [0.2, 0.25) is 0 Å². The quantitative estimate of drug-likeness (QED) is 0.159. The number of nitrogens with one attached hydrogen (secondary N) is 2. The van der Waals surface area contributed by atoms with Gasteiger partial charge >= 0.3 is 5.97 Å². The zero-order valence-corrected chi connectivity index (χ0v) is 27.6. The van der Waals surface area contributed by atoms with E-state index in [0.717, 1.165) is 39.1 Å². The van der Waals surface area contributed by atoms with Crippen LogP contribution in [0.1, 0.15) is 77.1 Å². The Hall–Kier alpha value is -6.09. The highest BCUT2D eigenvalue weighted by atomic mass is 16.5. The van der Waals surface area contributed by atoms with Crippen molar-refractivity contribution in [3.8, 4) is 11.1 Å². The molecule has 8 rings (SSSR count). The molecule has 0 fully saturated rings. The Kier molecular flexibility index (Phi) is 7.14. The Balaban J connectivity index is 1.49. The van der Waals surface area contributed by atoms with Gasteiger partial charge in [-0.15, -0.1) is 0 Å². The fourth-order valence-electron chi connectivity index (χ4n) is 7.30. The van der Waals surface area contributed by atoms with Crippen LogP contribution in [-0.2, 0) is 28.9 Å². The Bertz CT molecular complexity index is 2370. The van der Waals surface area contributed by atoms with Crippen LogP contribution in [0.4, 0.5) is 0 Å². The lowest BCUT2D eigenvalue weighted by Gasteiger charge is -2.25. The number of aromatic nitrogens is 4. The summed E-state index contributed by atoms with van der Waals surface area (Å²) >= 11 is 0. The first-order chi connectivity index (χ1) is 23.7. The summed E-state index contributed by atoms with van der Waals surface area (Å²) in [7, 11) is 1.35. The smallest absolute Gasteiger partial charge is 0.340 e. The Morgan fingerprint density at radius 2 is 1.61 bits per heavy atom. The number of fused-ring (bicyclic) bond motifs is 8. The molecule has 0 radical (unpaired) electrons. The van der Waals surface area contributed by atoms with Gasteiger partial charge in [-0.05, 0) is 92.3 Å². The van der Waals surface area contributed by atoms with E-state index >= 15 is 0 Å². The second kappa shape index (κ2) is 11.6. The summed E-state index contributed by atoms with van der Waals surface area (Å²) in [5.41, 5.74) is 12.1. The maximum Gasteiger partial charge on any atom is 0.340 e. The molecule has 0 unspecified atom stereocenters. The molecule has 0 atom stereocenters. The van der Waals surface area contributed by atoms with Gasteiger partial charge in [0, 0.05) is 22.5 Å². The monoisotopic (exact) mass is 647 g/mol. The Morgan fingerprint density at radius 1 is 0.837 bits per heavy atom. The van der Waals surface area contributed by atoms with Crippen LogP contribution < -0.4 is 0 Å². The molecule has 0 spiro atoms. The highest BCUT2D eigenvalue weighted by Crippen LogP contribution is 2.38. The number of H-pyrrole nitrogens is 2. The van der Waals surface area contributed by atoms with Crippen molar-refractivity contribution in [3.05, 3.63) is 128 Å². The van der Waals surface area contributed by atoms with Crippen molar-refractivity contribution in [2.24, 2.45) is 0 Å². The predicted octanol–water partition coefficient (Wildman–Crippen LogP) is 7.09. The summed E-state index contributed by atoms with van der Waals surface area (Å²) in [5, 5.41) is 0. The van der Waals surface area contributed by atoms with Crippen LogP contribution in [0.15, 0.2) is 60.7 Å². The summed E-state index contributed by atoms with van der Waals surface area (Å²) < 4.78 is 5.09. The van der Waals surface area contributed by atoms with E-state index in [1.54, 1.807) is 12.1 Å². The van der Waals surface area contributed by atoms with Gasteiger partial charge in [0.15, 0.2) is 0 Å². The van der Waals surface area contributed by atoms with Gasteiger partial charge in [0.05, 0.1) is 58.6 Å². The highest BCUT2D eigenvalue weighted by molar-refractivity contribution is 6.23. The molecule has 49 heavy (non-hydrogen) atoms. The van der Waals surface area contributed by atoms with Crippen molar-refractivity contribution in [1.29, 1.82) is 0 Å². The third kappa shape index (κ3) is 5.14. The molecule has 9 heteroatoms. The molecule has 2 aromatic carbocycles. The van der Waals surface area contributed by atoms with E-state index in [0.29, 0.717) is 69.0 Å². The third-order valence-electron chi connectivity index (χ3n) is 9.39. The summed E-state index contributed by atoms with van der Waals surface area (Å²) in [6.07, 6.45) is 6.69. The number of rotatable bonds is 4. The number of aromatic amines is 2. The van der Waals surface area contributed by atoms with E-state index < -0.39 is 5.97 Å². The Morgan fingerprint density at radius 3 is 2.37 bits per heavy atom. The van der Waals surface area contributed by atoms with Gasteiger partial charge in [0.1, 0.15) is 0 Å². The molecule has 2 N–H and O–H groups in total. The number of hydrogen-bond donors (Lipinski definition) is 2. The zero-order valence-electron chi connectivity index (χ0n) is 27.6. The molecule has 2 aromatic heterocycles. The number of imide groups is 1. The van der Waals surface area contributed by atoms with Gasteiger partial charge in [-0.2, -0.15) is 0 Å². The van der Waals surface area contributed by atoms with Gasteiger partial charge < -0.3 is 14.7 Å². The average molecular weight is 648 g/mol. The SMILES string of the molecule is COC(=O)C1=Cc2cc3[nH]c(c4c5[nH]c(cc5C(=O)N(Cc5ccccc5)C4=O)c(-c4c(C)cc(C)cc4C)c4nc(cc1n2)C=C4)CC3. The number of carbonyl (C=O) groups is 3. The molecule has 0 aliphatic carbocycles. The fraction of sp³-hybridized carbons (Fsp3) is 0.175. The number of nitrogens with zero attached hydrogens (tertiary/aromatic N) is 3. The van der Waals surface area contributed by atoms with Crippen molar-refractivity contribution in [1.82, 2.24) is 24.8 Å². The maximum atomic E-state index is 14.4. The Labute approximate surface area is 282 Å². The van der Waals surface area contributed by atoms with Crippen molar-refractivity contribution < 1.29 is 19.1 Å². The van der Waals surface area contributed by atoms with Crippen molar-refractivity contribution in [3.63, 3.8) is 0 Å². The lowest BCUT2D eigenvalue weighted by atomic mass is 9.92. The largest absolute Gasteiger partial charge is 0.465 e. The predicted molar refractivity (Wildman–Crippen MR) is 189 cm³/mol. The van der Waals surface area contributed by atoms with E-state index in [-0.39, 0.29) is 18.4 Å². The van der Waals surface area contributed by atoms with E-state index in [1.165, 1.54) is 12.0 Å². The molecule has 8 bridgehead atoms. The van der Waals surface area contributed by atoms with Crippen LogP contribution in [0.2, 0.25) is 0 Å². The lowest BCUT2D eigenvalue weighted by Crippen LogP contribution is -2.39. The molecule has 242 valence electrons. The topological polar surface area (TPSA) is 121 Å². The fourth-order valence-corrected chi connectivity index (χ4v) is 7.30. The molecule has 0 saturated carbocycles. The summed E-state index contributed by atoms with van der Waals surface area (Å²) in [6.45, 7) is 6.34. The van der Waals surface area contributed by atoms with Crippen LogP contribution in [0, 0.1) is 20.8 Å². The van der Waals surface area contributed by atoms with Crippen LogP contribution in [0.25, 0.3) is 46.0 Å². The maximum absolute atomic E-state index is 14.4. The number of benzene rings is 2. The first-order valence-corrected chi connectivity index (χ1v) is 16.2. The van der Waals surface area contributed by atoms with Crippen LogP contribution in [0.3, 0.4) is 0 Å². The summed E-state index contributed by atoms with van der Waals surface area (Å²) in [5.74, 6) is -1.21. The normalized spacial score (nSPS) is 14.2.